The molecular formula is C51H30N4O. The molecule has 0 fully saturated rings. The average Bonchev–Trinajstić information content (AvgIpc) is 3.81. The predicted molar refractivity (Wildman–Crippen MR) is 230 cm³/mol. The quantitative estimate of drug-likeness (QED) is 0.182. The van der Waals surface area contributed by atoms with Crippen LogP contribution in [-0.4, -0.2) is 19.5 Å². The third-order valence-corrected chi connectivity index (χ3v) is 11.2. The molecule has 0 amide bonds. The molecular weight excluding hydrogens is 685 g/mol. The van der Waals surface area contributed by atoms with Crippen molar-refractivity contribution in [3.05, 3.63) is 182 Å². The van der Waals surface area contributed by atoms with Crippen molar-refractivity contribution in [1.82, 2.24) is 19.5 Å². The van der Waals surface area contributed by atoms with Gasteiger partial charge in [-0.1, -0.05) is 133 Å². The topological polar surface area (TPSA) is 56.7 Å². The normalized spacial score (nSPS) is 11.9. The Kier molecular flexibility index (Phi) is 6.56. The summed E-state index contributed by atoms with van der Waals surface area (Å²) in [6, 6.07) is 63.9. The maximum Gasteiger partial charge on any atom is 0.164 e. The van der Waals surface area contributed by atoms with Gasteiger partial charge < -0.3 is 8.98 Å². The smallest absolute Gasteiger partial charge is 0.164 e. The molecule has 0 atom stereocenters. The average molecular weight is 715 g/mol. The Morgan fingerprint density at radius 1 is 0.339 bits per heavy atom. The van der Waals surface area contributed by atoms with Gasteiger partial charge in [0.2, 0.25) is 0 Å². The molecule has 56 heavy (non-hydrogen) atoms. The van der Waals surface area contributed by atoms with Crippen LogP contribution in [0.15, 0.2) is 186 Å². The number of hydrogen-bond acceptors (Lipinski definition) is 4. The molecule has 0 aliphatic carbocycles. The molecule has 0 unspecified atom stereocenters. The minimum Gasteiger partial charge on any atom is -0.456 e. The number of aromatic nitrogens is 4. The molecule has 260 valence electrons. The van der Waals surface area contributed by atoms with E-state index in [1.165, 1.54) is 43.1 Å². The maximum atomic E-state index is 6.46. The minimum atomic E-state index is 0.585. The summed E-state index contributed by atoms with van der Waals surface area (Å²) in [5, 5.41) is 11.9. The van der Waals surface area contributed by atoms with Crippen molar-refractivity contribution in [3.63, 3.8) is 0 Å². The van der Waals surface area contributed by atoms with Crippen LogP contribution < -0.4 is 0 Å². The highest BCUT2D eigenvalue weighted by Crippen LogP contribution is 2.40. The Morgan fingerprint density at radius 2 is 0.946 bits per heavy atom. The summed E-state index contributed by atoms with van der Waals surface area (Å²) in [5.41, 5.74) is 7.68. The summed E-state index contributed by atoms with van der Waals surface area (Å²) in [4.78, 5) is 15.3. The Balaban J connectivity index is 1.06. The summed E-state index contributed by atoms with van der Waals surface area (Å²) in [6.07, 6.45) is 0. The second-order valence-corrected chi connectivity index (χ2v) is 14.4. The van der Waals surface area contributed by atoms with Gasteiger partial charge in [-0.25, -0.2) is 15.0 Å². The molecule has 0 spiro atoms. The van der Waals surface area contributed by atoms with Crippen LogP contribution in [0, 0.1) is 0 Å². The molecule has 12 aromatic rings. The lowest BCUT2D eigenvalue weighted by Gasteiger charge is -2.12. The Hall–Kier alpha value is -7.63. The fourth-order valence-corrected chi connectivity index (χ4v) is 8.57. The lowest BCUT2D eigenvalue weighted by Crippen LogP contribution is -2.01. The Labute approximate surface area is 320 Å². The van der Waals surface area contributed by atoms with Crippen LogP contribution in [0.5, 0.6) is 0 Å². The number of fused-ring (bicyclic) bond motifs is 11. The fourth-order valence-electron chi connectivity index (χ4n) is 8.57. The van der Waals surface area contributed by atoms with Gasteiger partial charge in [0.1, 0.15) is 11.2 Å². The summed E-state index contributed by atoms with van der Waals surface area (Å²) >= 11 is 0. The van der Waals surface area contributed by atoms with Crippen molar-refractivity contribution in [3.8, 4) is 39.9 Å². The molecule has 9 aromatic carbocycles. The van der Waals surface area contributed by atoms with Crippen LogP contribution in [0.2, 0.25) is 0 Å². The third-order valence-electron chi connectivity index (χ3n) is 11.2. The highest BCUT2D eigenvalue weighted by atomic mass is 16.3. The lowest BCUT2D eigenvalue weighted by molar-refractivity contribution is 0.669. The molecule has 12 rings (SSSR count). The monoisotopic (exact) mass is 714 g/mol. The molecule has 3 aromatic heterocycles. The number of furan rings is 1. The minimum absolute atomic E-state index is 0.585. The molecule has 0 radical (unpaired) electrons. The van der Waals surface area contributed by atoms with Crippen LogP contribution >= 0.6 is 0 Å². The van der Waals surface area contributed by atoms with Gasteiger partial charge in [-0.2, -0.15) is 0 Å². The van der Waals surface area contributed by atoms with Crippen LogP contribution in [0.4, 0.5) is 0 Å². The van der Waals surface area contributed by atoms with Crippen LogP contribution in [0.1, 0.15) is 0 Å². The molecule has 0 aliphatic heterocycles. The molecule has 0 N–H and O–H groups in total. The first kappa shape index (κ1) is 30.8. The molecule has 0 aliphatic rings. The molecule has 0 saturated heterocycles. The zero-order valence-electron chi connectivity index (χ0n) is 30.0. The van der Waals surface area contributed by atoms with Gasteiger partial charge in [-0.05, 0) is 80.8 Å². The largest absolute Gasteiger partial charge is 0.456 e. The number of benzene rings is 9. The molecule has 3 heterocycles. The Bertz CT molecular complexity index is 3540. The van der Waals surface area contributed by atoms with Gasteiger partial charge in [-0.3, -0.25) is 0 Å². The summed E-state index contributed by atoms with van der Waals surface area (Å²) in [7, 11) is 0. The predicted octanol–water partition coefficient (Wildman–Crippen LogP) is 13.3. The summed E-state index contributed by atoms with van der Waals surface area (Å²) < 4.78 is 8.84. The first-order valence-corrected chi connectivity index (χ1v) is 18.8. The zero-order valence-corrected chi connectivity index (χ0v) is 30.0. The highest BCUT2D eigenvalue weighted by molar-refractivity contribution is 6.23. The van der Waals surface area contributed by atoms with E-state index in [2.05, 4.69) is 156 Å². The lowest BCUT2D eigenvalue weighted by atomic mass is 10.0. The van der Waals surface area contributed by atoms with E-state index in [0.29, 0.717) is 17.5 Å². The van der Waals surface area contributed by atoms with E-state index in [-0.39, 0.29) is 0 Å². The van der Waals surface area contributed by atoms with Gasteiger partial charge in [0.15, 0.2) is 17.5 Å². The zero-order chi connectivity index (χ0) is 36.7. The summed E-state index contributed by atoms with van der Waals surface area (Å²) in [6.45, 7) is 0. The number of rotatable bonds is 4. The van der Waals surface area contributed by atoms with Crippen molar-refractivity contribution in [2.45, 2.75) is 0 Å². The van der Waals surface area contributed by atoms with E-state index in [1.54, 1.807) is 0 Å². The van der Waals surface area contributed by atoms with Crippen molar-refractivity contribution < 1.29 is 4.42 Å². The van der Waals surface area contributed by atoms with Gasteiger partial charge in [0.05, 0.1) is 11.0 Å². The van der Waals surface area contributed by atoms with Gasteiger partial charge in [0.25, 0.3) is 0 Å². The molecule has 5 heteroatoms. The molecule has 0 bridgehead atoms. The van der Waals surface area contributed by atoms with Gasteiger partial charge in [0, 0.05) is 43.9 Å². The van der Waals surface area contributed by atoms with Crippen molar-refractivity contribution >= 4 is 76.1 Å². The molecule has 0 saturated carbocycles. The van der Waals surface area contributed by atoms with Crippen molar-refractivity contribution in [2.75, 3.05) is 0 Å². The number of nitrogens with zero attached hydrogens (tertiary/aromatic N) is 4. The molecule has 5 nitrogen and oxygen atoms in total. The first-order chi connectivity index (χ1) is 27.7. The Morgan fingerprint density at radius 3 is 1.71 bits per heavy atom. The third kappa shape index (κ3) is 4.71. The SMILES string of the molecule is c1ccc(-c2nc(-c3cccc(-n4c5cc6ccccc6cc5c5c6ccccc6ccc54)c3)nc(-c3ccc4c(c3)oc3ccc5ccccc5c34)n2)cc1. The van der Waals surface area contributed by atoms with Gasteiger partial charge >= 0.3 is 0 Å². The van der Waals surface area contributed by atoms with E-state index in [4.69, 9.17) is 19.4 Å². The van der Waals surface area contributed by atoms with E-state index in [0.717, 1.165) is 55.3 Å². The van der Waals surface area contributed by atoms with E-state index in [1.807, 2.05) is 30.3 Å². The summed E-state index contributed by atoms with van der Waals surface area (Å²) in [5.74, 6) is 1.80. The van der Waals surface area contributed by atoms with E-state index >= 15 is 0 Å². The van der Waals surface area contributed by atoms with E-state index < -0.39 is 0 Å². The van der Waals surface area contributed by atoms with Crippen LogP contribution in [0.3, 0.4) is 0 Å². The second kappa shape index (κ2) is 11.9. The number of hydrogen-bond donors (Lipinski definition) is 0. The maximum absolute atomic E-state index is 6.46. The standard InChI is InChI=1S/C51H30N4O/c1-2-13-33(14-3-1)49-52-50(54-51(53-49)37-21-24-41-46(30-37)56-45-26-23-32-12-7-9-20-40(32)48(41)45)36-17-10-18-38(27-36)55-43-25-22-31-11-6-8-19-39(31)47(43)42-28-34-15-4-5-16-35(34)29-44(42)55/h1-30H. The van der Waals surface area contributed by atoms with E-state index in [9.17, 15) is 0 Å². The second-order valence-electron chi connectivity index (χ2n) is 14.4. The van der Waals surface area contributed by atoms with Gasteiger partial charge in [-0.15, -0.1) is 0 Å². The first-order valence-electron chi connectivity index (χ1n) is 18.8. The van der Waals surface area contributed by atoms with Crippen molar-refractivity contribution in [2.24, 2.45) is 0 Å². The highest BCUT2D eigenvalue weighted by Gasteiger charge is 2.19. The van der Waals surface area contributed by atoms with Crippen molar-refractivity contribution in [1.29, 1.82) is 0 Å². The van der Waals surface area contributed by atoms with Crippen LogP contribution in [0.25, 0.3) is 116 Å². The van der Waals surface area contributed by atoms with Crippen LogP contribution in [-0.2, 0) is 0 Å². The fraction of sp³-hybridized carbons (Fsp3) is 0.